The summed E-state index contributed by atoms with van der Waals surface area (Å²) in [6, 6.07) is 17.0. The number of nitrogens with zero attached hydrogens (tertiary/aromatic N) is 2. The van der Waals surface area contributed by atoms with Gasteiger partial charge in [0.05, 0.1) is 22.4 Å². The van der Waals surface area contributed by atoms with E-state index < -0.39 is 5.91 Å². The Bertz CT molecular complexity index is 1300. The number of carbonyl (C=O) groups excluding carboxylic acids is 1. The Hall–Kier alpha value is -4.11. The summed E-state index contributed by atoms with van der Waals surface area (Å²) in [4.78, 5) is 21.2. The zero-order valence-corrected chi connectivity index (χ0v) is 15.9. The van der Waals surface area contributed by atoms with Crippen LogP contribution in [0.3, 0.4) is 0 Å². The van der Waals surface area contributed by atoms with Gasteiger partial charge < -0.3 is 5.32 Å². The van der Waals surface area contributed by atoms with Crippen molar-refractivity contribution in [1.29, 1.82) is 0 Å². The van der Waals surface area contributed by atoms with Crippen LogP contribution in [0.2, 0.25) is 0 Å². The predicted molar refractivity (Wildman–Crippen MR) is 112 cm³/mol. The minimum Gasteiger partial charge on any atom is -0.315 e. The van der Waals surface area contributed by atoms with Crippen LogP contribution < -0.4 is 5.32 Å². The fourth-order valence-corrected chi connectivity index (χ4v) is 3.03. The van der Waals surface area contributed by atoms with Gasteiger partial charge in [-0.3, -0.25) is 4.79 Å². The van der Waals surface area contributed by atoms with Crippen LogP contribution in [-0.4, -0.2) is 15.9 Å². The first-order valence-electron chi connectivity index (χ1n) is 9.11. The monoisotopic (exact) mass is 399 g/mol. The average molecular weight is 399 g/mol. The molecule has 3 aromatic carbocycles. The molecule has 0 spiro atoms. The third kappa shape index (κ3) is 4.01. The van der Waals surface area contributed by atoms with Gasteiger partial charge in [-0.25, -0.2) is 18.7 Å². The van der Waals surface area contributed by atoms with E-state index in [1.165, 1.54) is 24.3 Å². The molecule has 0 fully saturated rings. The van der Waals surface area contributed by atoms with Crippen molar-refractivity contribution in [3.05, 3.63) is 78.4 Å². The standard InChI is InChI=1S/C24H15F2N3O/c1-2-3-22(30)27-19-12-13-20-21(14-19)29-24(16-6-10-18(26)11-7-16)23(28-20)15-4-8-17(25)9-5-15/h4-14H,1H3,(H,27,30). The quantitative estimate of drug-likeness (QED) is 0.482. The van der Waals surface area contributed by atoms with Crippen molar-refractivity contribution < 1.29 is 13.6 Å². The molecular formula is C24H15F2N3O. The Kier molecular flexibility index (Phi) is 5.19. The average Bonchev–Trinajstić information content (AvgIpc) is 2.74. The summed E-state index contributed by atoms with van der Waals surface area (Å²) < 4.78 is 26.8. The molecule has 4 aromatic rings. The van der Waals surface area contributed by atoms with Crippen molar-refractivity contribution >= 4 is 22.6 Å². The van der Waals surface area contributed by atoms with E-state index in [2.05, 4.69) is 17.2 Å². The van der Waals surface area contributed by atoms with Crippen molar-refractivity contribution in [2.45, 2.75) is 6.92 Å². The number of anilines is 1. The normalized spacial score (nSPS) is 10.4. The second-order valence-corrected chi connectivity index (χ2v) is 6.47. The van der Waals surface area contributed by atoms with Gasteiger partial charge in [0.25, 0.3) is 5.91 Å². The van der Waals surface area contributed by atoms with Crippen LogP contribution in [0, 0.1) is 23.5 Å². The number of benzene rings is 3. The van der Waals surface area contributed by atoms with Gasteiger partial charge in [0.15, 0.2) is 0 Å². The van der Waals surface area contributed by atoms with E-state index >= 15 is 0 Å². The lowest BCUT2D eigenvalue weighted by Gasteiger charge is -2.11. The zero-order chi connectivity index (χ0) is 21.1. The molecule has 0 atom stereocenters. The Balaban J connectivity index is 1.89. The number of aromatic nitrogens is 2. The van der Waals surface area contributed by atoms with Gasteiger partial charge in [-0.15, -0.1) is 0 Å². The van der Waals surface area contributed by atoms with E-state index in [9.17, 15) is 13.6 Å². The summed E-state index contributed by atoms with van der Waals surface area (Å²) in [5.41, 5.74) is 4.08. The molecule has 0 unspecified atom stereocenters. The molecule has 0 aliphatic heterocycles. The highest BCUT2D eigenvalue weighted by Gasteiger charge is 2.14. The molecule has 4 rings (SSSR count). The van der Waals surface area contributed by atoms with E-state index in [1.807, 2.05) is 0 Å². The van der Waals surface area contributed by atoms with Crippen molar-refractivity contribution in [3.8, 4) is 34.4 Å². The van der Waals surface area contributed by atoms with Crippen LogP contribution in [0.5, 0.6) is 0 Å². The lowest BCUT2D eigenvalue weighted by atomic mass is 10.0. The summed E-state index contributed by atoms with van der Waals surface area (Å²) in [5.74, 6) is 3.82. The van der Waals surface area contributed by atoms with Gasteiger partial charge in [-0.2, -0.15) is 0 Å². The van der Waals surface area contributed by atoms with E-state index in [0.717, 1.165) is 0 Å². The molecule has 0 bridgehead atoms. The SMILES string of the molecule is CC#CC(=O)Nc1ccc2nc(-c3ccc(F)cc3)c(-c3ccc(F)cc3)nc2c1. The molecule has 1 heterocycles. The first-order chi connectivity index (χ1) is 14.5. The summed E-state index contributed by atoms with van der Waals surface area (Å²) in [6.07, 6.45) is 0. The Labute approximate surface area is 171 Å². The maximum Gasteiger partial charge on any atom is 0.300 e. The molecule has 0 aliphatic carbocycles. The van der Waals surface area contributed by atoms with Crippen LogP contribution >= 0.6 is 0 Å². The molecule has 1 amide bonds. The number of rotatable bonds is 3. The topological polar surface area (TPSA) is 54.9 Å². The molecule has 1 aromatic heterocycles. The highest BCUT2D eigenvalue weighted by Crippen LogP contribution is 2.32. The van der Waals surface area contributed by atoms with E-state index in [0.29, 0.717) is 39.2 Å². The maximum atomic E-state index is 13.4. The fourth-order valence-electron chi connectivity index (χ4n) is 3.03. The van der Waals surface area contributed by atoms with Gasteiger partial charge in [-0.05, 0) is 79.6 Å². The summed E-state index contributed by atoms with van der Waals surface area (Å²) >= 11 is 0. The molecule has 0 saturated carbocycles. The van der Waals surface area contributed by atoms with Crippen LogP contribution in [0.15, 0.2) is 66.7 Å². The highest BCUT2D eigenvalue weighted by molar-refractivity contribution is 6.04. The van der Waals surface area contributed by atoms with Crippen molar-refractivity contribution in [2.24, 2.45) is 0 Å². The van der Waals surface area contributed by atoms with Gasteiger partial charge in [-0.1, -0.05) is 5.92 Å². The molecule has 30 heavy (non-hydrogen) atoms. The van der Waals surface area contributed by atoms with Gasteiger partial charge >= 0.3 is 0 Å². The number of carbonyl (C=O) groups is 1. The van der Waals surface area contributed by atoms with E-state index in [1.54, 1.807) is 49.4 Å². The van der Waals surface area contributed by atoms with Crippen molar-refractivity contribution in [3.63, 3.8) is 0 Å². The van der Waals surface area contributed by atoms with E-state index in [4.69, 9.17) is 9.97 Å². The number of fused-ring (bicyclic) bond motifs is 1. The number of amides is 1. The van der Waals surface area contributed by atoms with Crippen LogP contribution in [0.25, 0.3) is 33.5 Å². The number of hydrogen-bond donors (Lipinski definition) is 1. The molecule has 0 radical (unpaired) electrons. The third-order valence-electron chi connectivity index (χ3n) is 4.40. The number of halogens is 2. The second kappa shape index (κ2) is 8.10. The summed E-state index contributed by atoms with van der Waals surface area (Å²) in [7, 11) is 0. The second-order valence-electron chi connectivity index (χ2n) is 6.47. The molecule has 0 aliphatic rings. The molecule has 4 nitrogen and oxygen atoms in total. The lowest BCUT2D eigenvalue weighted by molar-refractivity contribution is -0.111. The Morgan fingerprint density at radius 3 is 1.87 bits per heavy atom. The van der Waals surface area contributed by atoms with Gasteiger partial charge in [0.2, 0.25) is 0 Å². The summed E-state index contributed by atoms with van der Waals surface area (Å²) in [5, 5.41) is 2.68. The van der Waals surface area contributed by atoms with Crippen LogP contribution in [0.4, 0.5) is 14.5 Å². The first kappa shape index (κ1) is 19.2. The lowest BCUT2D eigenvalue weighted by Crippen LogP contribution is -2.08. The molecule has 6 heteroatoms. The molecule has 146 valence electrons. The predicted octanol–water partition coefficient (Wildman–Crippen LogP) is 5.20. The van der Waals surface area contributed by atoms with Gasteiger partial charge in [0, 0.05) is 16.8 Å². The first-order valence-corrected chi connectivity index (χ1v) is 9.11. The number of hydrogen-bond acceptors (Lipinski definition) is 3. The van der Waals surface area contributed by atoms with Gasteiger partial charge in [0.1, 0.15) is 11.6 Å². The Morgan fingerprint density at radius 2 is 1.33 bits per heavy atom. The Morgan fingerprint density at radius 1 is 0.800 bits per heavy atom. The summed E-state index contributed by atoms with van der Waals surface area (Å²) in [6.45, 7) is 1.58. The zero-order valence-electron chi connectivity index (χ0n) is 15.9. The largest absolute Gasteiger partial charge is 0.315 e. The highest BCUT2D eigenvalue weighted by atomic mass is 19.1. The van der Waals surface area contributed by atoms with Crippen LogP contribution in [-0.2, 0) is 4.79 Å². The third-order valence-corrected chi connectivity index (χ3v) is 4.40. The molecule has 0 saturated heterocycles. The minimum absolute atomic E-state index is 0.355. The molecule has 1 N–H and O–H groups in total. The van der Waals surface area contributed by atoms with E-state index in [-0.39, 0.29) is 11.6 Å². The minimum atomic E-state index is -0.425. The van der Waals surface area contributed by atoms with Crippen molar-refractivity contribution in [2.75, 3.05) is 5.32 Å². The van der Waals surface area contributed by atoms with Crippen LogP contribution in [0.1, 0.15) is 6.92 Å². The fraction of sp³-hybridized carbons (Fsp3) is 0.0417. The maximum absolute atomic E-state index is 13.4. The molecular weight excluding hydrogens is 384 g/mol. The van der Waals surface area contributed by atoms with Crippen molar-refractivity contribution in [1.82, 2.24) is 9.97 Å². The number of nitrogens with one attached hydrogen (secondary N) is 1. The smallest absolute Gasteiger partial charge is 0.300 e.